The van der Waals surface area contributed by atoms with Gasteiger partial charge in [-0.3, -0.25) is 4.79 Å². The van der Waals surface area contributed by atoms with Crippen LogP contribution in [-0.4, -0.2) is 5.91 Å². The number of rotatable bonds is 9. The van der Waals surface area contributed by atoms with Crippen LogP contribution in [0.5, 0.6) is 11.5 Å². The fourth-order valence-corrected chi connectivity index (χ4v) is 3.59. The van der Waals surface area contributed by atoms with E-state index in [1.54, 1.807) is 48.5 Å². The molecule has 0 radical (unpaired) electrons. The lowest BCUT2D eigenvalue weighted by Crippen LogP contribution is -2.13. The summed E-state index contributed by atoms with van der Waals surface area (Å²) in [6, 6.07) is 31.8. The number of carbonyl (C=O) groups excluding carboxylic acids is 1. The summed E-state index contributed by atoms with van der Waals surface area (Å²) in [5.74, 6) is 0.734. The number of carbonyl (C=O) groups is 1. The normalized spacial score (nSPS) is 10.9. The molecule has 5 nitrogen and oxygen atoms in total. The number of benzene rings is 4. The van der Waals surface area contributed by atoms with Crippen LogP contribution in [0.2, 0.25) is 5.02 Å². The number of para-hydroxylation sites is 1. The number of nitrogens with one attached hydrogen (secondary N) is 1. The first-order chi connectivity index (χ1) is 18.0. The molecule has 37 heavy (non-hydrogen) atoms. The van der Waals surface area contributed by atoms with Crippen LogP contribution in [0.25, 0.3) is 6.08 Å². The summed E-state index contributed by atoms with van der Waals surface area (Å²) in [6.07, 6.45) is 1.52. The van der Waals surface area contributed by atoms with E-state index in [9.17, 15) is 10.1 Å². The third kappa shape index (κ3) is 7.47. The highest BCUT2D eigenvalue weighted by atomic mass is 35.5. The molecular formula is C31H25ClN2O3. The summed E-state index contributed by atoms with van der Waals surface area (Å²) in [6.45, 7) is 2.82. The number of amides is 1. The number of nitriles is 1. The Bertz CT molecular complexity index is 1420. The van der Waals surface area contributed by atoms with Crippen molar-refractivity contribution in [2.24, 2.45) is 0 Å². The Labute approximate surface area is 221 Å². The van der Waals surface area contributed by atoms with Gasteiger partial charge in [0.05, 0.1) is 0 Å². The first-order valence-electron chi connectivity index (χ1n) is 11.7. The molecule has 184 valence electrons. The average molecular weight is 509 g/mol. The number of nitrogens with zero attached hydrogens (tertiary/aromatic N) is 1. The maximum Gasteiger partial charge on any atom is 0.266 e. The van der Waals surface area contributed by atoms with Gasteiger partial charge in [-0.1, -0.05) is 71.8 Å². The lowest BCUT2D eigenvalue weighted by molar-refractivity contribution is -0.112. The Morgan fingerprint density at radius 1 is 0.865 bits per heavy atom. The monoisotopic (exact) mass is 508 g/mol. The fraction of sp³-hybridized carbons (Fsp3) is 0.0968. The van der Waals surface area contributed by atoms with E-state index in [1.165, 1.54) is 11.6 Å². The lowest BCUT2D eigenvalue weighted by Gasteiger charge is -2.10. The highest BCUT2D eigenvalue weighted by Crippen LogP contribution is 2.24. The molecule has 0 fully saturated rings. The van der Waals surface area contributed by atoms with Gasteiger partial charge in [-0.25, -0.2) is 0 Å². The van der Waals surface area contributed by atoms with Gasteiger partial charge in [0.2, 0.25) is 0 Å². The minimum atomic E-state index is -0.511. The van der Waals surface area contributed by atoms with Crippen LogP contribution in [0, 0.1) is 18.3 Å². The van der Waals surface area contributed by atoms with Gasteiger partial charge in [0.1, 0.15) is 36.4 Å². The average Bonchev–Trinajstić information content (AvgIpc) is 2.92. The molecule has 0 aliphatic carbocycles. The minimum Gasteiger partial charge on any atom is -0.489 e. The van der Waals surface area contributed by atoms with Crippen molar-refractivity contribution in [2.75, 3.05) is 5.32 Å². The van der Waals surface area contributed by atoms with Crippen molar-refractivity contribution in [3.05, 3.63) is 130 Å². The van der Waals surface area contributed by atoms with Gasteiger partial charge in [-0.05, 0) is 66.6 Å². The Hall–Kier alpha value is -4.53. The molecule has 1 amide bonds. The third-order valence-corrected chi connectivity index (χ3v) is 5.78. The molecule has 0 saturated heterocycles. The van der Waals surface area contributed by atoms with Crippen molar-refractivity contribution in [2.45, 2.75) is 20.1 Å². The maximum absolute atomic E-state index is 12.8. The molecule has 0 heterocycles. The summed E-state index contributed by atoms with van der Waals surface area (Å²) in [5, 5.41) is 13.1. The molecule has 0 aliphatic heterocycles. The van der Waals surface area contributed by atoms with Crippen molar-refractivity contribution in [1.82, 2.24) is 0 Å². The molecule has 0 aliphatic rings. The summed E-state index contributed by atoms with van der Waals surface area (Å²) >= 11 is 5.94. The zero-order valence-corrected chi connectivity index (χ0v) is 21.0. The van der Waals surface area contributed by atoms with E-state index in [4.69, 9.17) is 21.1 Å². The van der Waals surface area contributed by atoms with Crippen molar-refractivity contribution < 1.29 is 14.3 Å². The number of halogens is 1. The SMILES string of the molecule is Cc1ccc(COc2ccc(NC(=O)/C(C#N)=C/c3ccccc3OCc3ccc(Cl)cc3)cc2)cc1. The summed E-state index contributed by atoms with van der Waals surface area (Å²) in [5.41, 5.74) is 4.37. The smallest absolute Gasteiger partial charge is 0.266 e. The summed E-state index contributed by atoms with van der Waals surface area (Å²) < 4.78 is 11.8. The molecule has 0 aromatic heterocycles. The zero-order chi connectivity index (χ0) is 26.0. The van der Waals surface area contributed by atoms with Crippen LogP contribution in [0.4, 0.5) is 5.69 Å². The van der Waals surface area contributed by atoms with E-state index < -0.39 is 5.91 Å². The van der Waals surface area contributed by atoms with Crippen LogP contribution in [0.1, 0.15) is 22.3 Å². The zero-order valence-electron chi connectivity index (χ0n) is 20.3. The fourth-order valence-electron chi connectivity index (χ4n) is 3.46. The Balaban J connectivity index is 1.38. The summed E-state index contributed by atoms with van der Waals surface area (Å²) in [4.78, 5) is 12.8. The second-order valence-electron chi connectivity index (χ2n) is 8.38. The second kappa shape index (κ2) is 12.4. The lowest BCUT2D eigenvalue weighted by atomic mass is 10.1. The molecule has 0 atom stereocenters. The quantitative estimate of drug-likeness (QED) is 0.189. The van der Waals surface area contributed by atoms with Crippen LogP contribution in [0.15, 0.2) is 103 Å². The van der Waals surface area contributed by atoms with E-state index in [2.05, 4.69) is 5.32 Å². The van der Waals surface area contributed by atoms with E-state index >= 15 is 0 Å². The van der Waals surface area contributed by atoms with Gasteiger partial charge in [0.25, 0.3) is 5.91 Å². The highest BCUT2D eigenvalue weighted by Gasteiger charge is 2.12. The topological polar surface area (TPSA) is 71.3 Å². The molecule has 1 N–H and O–H groups in total. The first kappa shape index (κ1) is 25.6. The predicted molar refractivity (Wildman–Crippen MR) is 146 cm³/mol. The van der Waals surface area contributed by atoms with Gasteiger partial charge in [-0.15, -0.1) is 0 Å². The number of hydrogen-bond acceptors (Lipinski definition) is 4. The molecular weight excluding hydrogens is 484 g/mol. The van der Waals surface area contributed by atoms with Gasteiger partial charge in [0, 0.05) is 16.3 Å². The van der Waals surface area contributed by atoms with Gasteiger partial charge < -0.3 is 14.8 Å². The molecule has 6 heteroatoms. The van der Waals surface area contributed by atoms with E-state index in [0.29, 0.717) is 41.0 Å². The van der Waals surface area contributed by atoms with Gasteiger partial charge >= 0.3 is 0 Å². The Kier molecular flexibility index (Phi) is 8.59. The number of ether oxygens (including phenoxy) is 2. The van der Waals surface area contributed by atoms with Crippen molar-refractivity contribution >= 4 is 29.3 Å². The summed E-state index contributed by atoms with van der Waals surface area (Å²) in [7, 11) is 0. The van der Waals surface area contributed by atoms with Crippen molar-refractivity contribution in [1.29, 1.82) is 5.26 Å². The van der Waals surface area contributed by atoms with E-state index in [0.717, 1.165) is 11.1 Å². The van der Waals surface area contributed by atoms with Crippen LogP contribution >= 0.6 is 11.6 Å². The van der Waals surface area contributed by atoms with Gasteiger partial charge in [0.15, 0.2) is 0 Å². The standard InChI is InChI=1S/C31H25ClN2O3/c1-22-6-8-23(9-7-22)20-36-29-16-14-28(15-17-29)34-31(35)26(19-33)18-25-4-2-3-5-30(25)37-21-24-10-12-27(32)13-11-24/h2-18H,20-21H2,1H3,(H,34,35)/b26-18+. The molecule has 0 saturated carbocycles. The molecule has 0 bridgehead atoms. The number of aryl methyl sites for hydroxylation is 1. The number of anilines is 1. The Morgan fingerprint density at radius 3 is 2.16 bits per heavy atom. The highest BCUT2D eigenvalue weighted by molar-refractivity contribution is 6.30. The van der Waals surface area contributed by atoms with E-state index in [-0.39, 0.29) is 5.57 Å². The molecule has 0 spiro atoms. The first-order valence-corrected chi connectivity index (χ1v) is 12.1. The molecule has 4 rings (SSSR count). The molecule has 4 aromatic rings. The second-order valence-corrected chi connectivity index (χ2v) is 8.81. The van der Waals surface area contributed by atoms with Crippen LogP contribution in [-0.2, 0) is 18.0 Å². The predicted octanol–water partition coefficient (Wildman–Crippen LogP) is 7.35. The van der Waals surface area contributed by atoms with Crippen LogP contribution in [0.3, 0.4) is 0 Å². The van der Waals surface area contributed by atoms with E-state index in [1.807, 2.05) is 61.5 Å². The number of hydrogen-bond donors (Lipinski definition) is 1. The van der Waals surface area contributed by atoms with Crippen molar-refractivity contribution in [3.63, 3.8) is 0 Å². The third-order valence-electron chi connectivity index (χ3n) is 5.53. The maximum atomic E-state index is 12.8. The van der Waals surface area contributed by atoms with Gasteiger partial charge in [-0.2, -0.15) is 5.26 Å². The van der Waals surface area contributed by atoms with Crippen molar-refractivity contribution in [3.8, 4) is 17.6 Å². The van der Waals surface area contributed by atoms with Crippen LogP contribution < -0.4 is 14.8 Å². The molecule has 4 aromatic carbocycles. The largest absolute Gasteiger partial charge is 0.489 e. The minimum absolute atomic E-state index is 0.0396. The Morgan fingerprint density at radius 2 is 1.49 bits per heavy atom. The molecule has 0 unspecified atom stereocenters.